The van der Waals surface area contributed by atoms with E-state index in [0.29, 0.717) is 12.5 Å². The molecule has 2 N–H and O–H groups in total. The molecule has 0 saturated carbocycles. The first-order valence-electron chi connectivity index (χ1n) is 6.13. The van der Waals surface area contributed by atoms with Gasteiger partial charge in [0.2, 0.25) is 0 Å². The van der Waals surface area contributed by atoms with Crippen LogP contribution in [0.25, 0.3) is 0 Å². The Hall–Kier alpha value is -1.06. The molecule has 1 rings (SSSR count). The van der Waals surface area contributed by atoms with Crippen molar-refractivity contribution < 1.29 is 4.74 Å². The van der Waals surface area contributed by atoms with Crippen molar-refractivity contribution in [2.75, 3.05) is 27.2 Å². The van der Waals surface area contributed by atoms with E-state index in [0.717, 1.165) is 12.3 Å². The number of benzene rings is 1. The minimum absolute atomic E-state index is 0.216. The second kappa shape index (κ2) is 6.62. The first-order valence-corrected chi connectivity index (χ1v) is 6.13. The van der Waals surface area contributed by atoms with Crippen molar-refractivity contribution in [1.82, 2.24) is 4.90 Å². The van der Waals surface area contributed by atoms with Gasteiger partial charge in [-0.1, -0.05) is 32.0 Å². The van der Waals surface area contributed by atoms with E-state index < -0.39 is 0 Å². The summed E-state index contributed by atoms with van der Waals surface area (Å²) in [6, 6.07) is 8.31. The number of nitrogens with two attached hydrogens (primary N) is 1. The van der Waals surface area contributed by atoms with Crippen molar-refractivity contribution in [2.24, 2.45) is 11.7 Å². The third-order valence-electron chi connectivity index (χ3n) is 2.91. The van der Waals surface area contributed by atoms with Crippen molar-refractivity contribution >= 4 is 0 Å². The van der Waals surface area contributed by atoms with Crippen molar-refractivity contribution in [3.05, 3.63) is 29.8 Å². The van der Waals surface area contributed by atoms with Gasteiger partial charge in [0.05, 0.1) is 13.2 Å². The lowest BCUT2D eigenvalue weighted by Crippen LogP contribution is -2.33. The quantitative estimate of drug-likeness (QED) is 0.823. The first kappa shape index (κ1) is 14.0. The standard InChI is InChI=1S/C14H24N2O/c1-11(2)10-16(3)13(9-15)12-7-5-6-8-14(12)17-4/h5-8,11,13H,9-10,15H2,1-4H3. The number of methoxy groups -OCH3 is 1. The second-order valence-corrected chi connectivity index (χ2v) is 4.83. The fourth-order valence-electron chi connectivity index (χ4n) is 2.19. The highest BCUT2D eigenvalue weighted by Crippen LogP contribution is 2.28. The molecule has 0 aliphatic rings. The van der Waals surface area contributed by atoms with Gasteiger partial charge in [0.25, 0.3) is 0 Å². The summed E-state index contributed by atoms with van der Waals surface area (Å²) in [5.41, 5.74) is 7.08. The Kier molecular flexibility index (Phi) is 5.45. The Labute approximate surface area is 105 Å². The Morgan fingerprint density at radius 1 is 1.29 bits per heavy atom. The zero-order valence-corrected chi connectivity index (χ0v) is 11.3. The number of hydrogen-bond acceptors (Lipinski definition) is 3. The molecule has 1 aromatic carbocycles. The summed E-state index contributed by atoms with van der Waals surface area (Å²) < 4.78 is 5.40. The normalized spacial score (nSPS) is 13.1. The average Bonchev–Trinajstić information content (AvgIpc) is 2.29. The van der Waals surface area contributed by atoms with Crippen LogP contribution in [-0.2, 0) is 0 Å². The molecule has 96 valence electrons. The smallest absolute Gasteiger partial charge is 0.123 e. The maximum Gasteiger partial charge on any atom is 0.123 e. The summed E-state index contributed by atoms with van der Waals surface area (Å²) >= 11 is 0. The van der Waals surface area contributed by atoms with Crippen LogP contribution in [0.2, 0.25) is 0 Å². The molecule has 0 fully saturated rings. The summed E-state index contributed by atoms with van der Waals surface area (Å²) in [6.07, 6.45) is 0. The van der Waals surface area contributed by atoms with Gasteiger partial charge < -0.3 is 10.5 Å². The third kappa shape index (κ3) is 3.72. The monoisotopic (exact) mass is 236 g/mol. The van der Waals surface area contributed by atoms with Gasteiger partial charge >= 0.3 is 0 Å². The molecular formula is C14H24N2O. The van der Waals surface area contributed by atoms with E-state index in [4.69, 9.17) is 10.5 Å². The summed E-state index contributed by atoms with van der Waals surface area (Å²) in [5, 5.41) is 0. The van der Waals surface area contributed by atoms with Crippen molar-refractivity contribution in [1.29, 1.82) is 0 Å². The Morgan fingerprint density at radius 3 is 2.47 bits per heavy atom. The maximum absolute atomic E-state index is 5.91. The Morgan fingerprint density at radius 2 is 1.94 bits per heavy atom. The van der Waals surface area contributed by atoms with Gasteiger partial charge in [-0.05, 0) is 19.0 Å². The SMILES string of the molecule is COc1ccccc1C(CN)N(C)CC(C)C. The molecule has 0 spiro atoms. The average molecular weight is 236 g/mol. The Balaban J connectivity index is 2.92. The molecule has 1 unspecified atom stereocenters. The maximum atomic E-state index is 5.91. The predicted octanol–water partition coefficient (Wildman–Crippen LogP) is 2.28. The van der Waals surface area contributed by atoms with Gasteiger partial charge in [-0.25, -0.2) is 0 Å². The predicted molar refractivity (Wildman–Crippen MR) is 72.3 cm³/mol. The second-order valence-electron chi connectivity index (χ2n) is 4.83. The number of ether oxygens (including phenoxy) is 1. The topological polar surface area (TPSA) is 38.5 Å². The number of rotatable bonds is 6. The molecule has 0 heterocycles. The zero-order valence-electron chi connectivity index (χ0n) is 11.3. The molecule has 3 nitrogen and oxygen atoms in total. The molecule has 0 saturated heterocycles. The molecule has 0 radical (unpaired) electrons. The number of para-hydroxylation sites is 1. The van der Waals surface area contributed by atoms with Gasteiger partial charge in [-0.15, -0.1) is 0 Å². The van der Waals surface area contributed by atoms with Crippen LogP contribution in [0.4, 0.5) is 0 Å². The molecule has 17 heavy (non-hydrogen) atoms. The van der Waals surface area contributed by atoms with Gasteiger partial charge in [0.15, 0.2) is 0 Å². The summed E-state index contributed by atoms with van der Waals surface area (Å²) in [5.74, 6) is 1.54. The minimum Gasteiger partial charge on any atom is -0.496 e. The number of hydrogen-bond donors (Lipinski definition) is 1. The molecule has 1 aromatic rings. The van der Waals surface area contributed by atoms with E-state index in [1.54, 1.807) is 7.11 Å². The van der Waals surface area contributed by atoms with Crippen LogP contribution in [0.1, 0.15) is 25.5 Å². The van der Waals surface area contributed by atoms with Crippen molar-refractivity contribution in [3.63, 3.8) is 0 Å². The fraction of sp³-hybridized carbons (Fsp3) is 0.571. The van der Waals surface area contributed by atoms with Crippen LogP contribution < -0.4 is 10.5 Å². The fourth-order valence-corrected chi connectivity index (χ4v) is 2.19. The highest BCUT2D eigenvalue weighted by atomic mass is 16.5. The zero-order chi connectivity index (χ0) is 12.8. The summed E-state index contributed by atoms with van der Waals surface area (Å²) in [6.45, 7) is 6.06. The van der Waals surface area contributed by atoms with Crippen LogP contribution in [-0.4, -0.2) is 32.1 Å². The van der Waals surface area contributed by atoms with E-state index >= 15 is 0 Å². The minimum atomic E-state index is 0.216. The van der Waals surface area contributed by atoms with Crippen molar-refractivity contribution in [3.8, 4) is 5.75 Å². The molecule has 0 bridgehead atoms. The lowest BCUT2D eigenvalue weighted by atomic mass is 10.0. The van der Waals surface area contributed by atoms with E-state index in [1.165, 1.54) is 5.56 Å². The molecule has 0 aliphatic carbocycles. The van der Waals surface area contributed by atoms with Crippen LogP contribution in [0, 0.1) is 5.92 Å². The molecule has 0 aliphatic heterocycles. The largest absolute Gasteiger partial charge is 0.496 e. The van der Waals surface area contributed by atoms with E-state index in [2.05, 4.69) is 31.9 Å². The van der Waals surface area contributed by atoms with Gasteiger partial charge in [0, 0.05) is 18.7 Å². The van der Waals surface area contributed by atoms with Crippen LogP contribution in [0.3, 0.4) is 0 Å². The van der Waals surface area contributed by atoms with Crippen LogP contribution >= 0.6 is 0 Å². The molecule has 0 amide bonds. The van der Waals surface area contributed by atoms with E-state index in [-0.39, 0.29) is 6.04 Å². The van der Waals surface area contributed by atoms with Crippen LogP contribution in [0.15, 0.2) is 24.3 Å². The van der Waals surface area contributed by atoms with Crippen molar-refractivity contribution in [2.45, 2.75) is 19.9 Å². The lowest BCUT2D eigenvalue weighted by molar-refractivity contribution is 0.219. The number of nitrogens with zero attached hydrogens (tertiary/aromatic N) is 1. The Bertz CT molecular complexity index is 339. The van der Waals surface area contributed by atoms with E-state index in [9.17, 15) is 0 Å². The molecule has 1 atom stereocenters. The van der Waals surface area contributed by atoms with Gasteiger partial charge in [-0.3, -0.25) is 4.90 Å². The third-order valence-corrected chi connectivity index (χ3v) is 2.91. The molecule has 0 aromatic heterocycles. The summed E-state index contributed by atoms with van der Waals surface area (Å²) in [7, 11) is 3.82. The number of likely N-dealkylation sites (N-methyl/N-ethyl adjacent to an activating group) is 1. The highest BCUT2D eigenvalue weighted by Gasteiger charge is 2.19. The van der Waals surface area contributed by atoms with Gasteiger partial charge in [0.1, 0.15) is 5.75 Å². The van der Waals surface area contributed by atoms with E-state index in [1.807, 2.05) is 18.2 Å². The van der Waals surface area contributed by atoms with Gasteiger partial charge in [-0.2, -0.15) is 0 Å². The molecule has 3 heteroatoms. The molecular weight excluding hydrogens is 212 g/mol. The highest BCUT2D eigenvalue weighted by molar-refractivity contribution is 5.36. The lowest BCUT2D eigenvalue weighted by Gasteiger charge is -2.29. The van der Waals surface area contributed by atoms with Crippen LogP contribution in [0.5, 0.6) is 5.75 Å². The first-order chi connectivity index (χ1) is 8.10. The summed E-state index contributed by atoms with van der Waals surface area (Å²) in [4.78, 5) is 2.29.